The summed E-state index contributed by atoms with van der Waals surface area (Å²) in [5, 5.41) is 2.37. The van der Waals surface area contributed by atoms with Gasteiger partial charge >= 0.3 is 0 Å². The molecule has 1 aliphatic rings. The van der Waals surface area contributed by atoms with Crippen LogP contribution in [-0.2, 0) is 4.79 Å². The van der Waals surface area contributed by atoms with Gasteiger partial charge in [-0.05, 0) is 43.0 Å². The van der Waals surface area contributed by atoms with E-state index >= 15 is 0 Å². The van der Waals surface area contributed by atoms with Crippen molar-refractivity contribution in [3.8, 4) is 5.75 Å². The molecule has 0 bridgehead atoms. The molecule has 4 nitrogen and oxygen atoms in total. The monoisotopic (exact) mass is 283 g/mol. The highest BCUT2D eigenvalue weighted by Crippen LogP contribution is 2.30. The van der Waals surface area contributed by atoms with Crippen LogP contribution in [0.25, 0.3) is 6.08 Å². The molecule has 18 heavy (non-hydrogen) atoms. The molecule has 1 saturated heterocycles. The molecule has 1 N–H and O–H groups in total. The Morgan fingerprint density at radius 3 is 2.83 bits per heavy atom. The van der Waals surface area contributed by atoms with Crippen molar-refractivity contribution < 1.29 is 14.3 Å². The van der Waals surface area contributed by atoms with Crippen molar-refractivity contribution in [2.45, 2.75) is 6.92 Å². The molecule has 94 valence electrons. The molecule has 6 heteroatoms. The number of benzene rings is 1. The third-order valence-corrected chi connectivity index (χ3v) is 3.25. The number of ether oxygens (including phenoxy) is 1. The van der Waals surface area contributed by atoms with Gasteiger partial charge in [-0.2, -0.15) is 0 Å². The number of hydrogen-bond acceptors (Lipinski definition) is 4. The summed E-state index contributed by atoms with van der Waals surface area (Å²) < 4.78 is 5.44. The second-order valence-electron chi connectivity index (χ2n) is 3.47. The van der Waals surface area contributed by atoms with Gasteiger partial charge in [0.05, 0.1) is 11.5 Å². The first-order valence-corrected chi connectivity index (χ1v) is 6.47. The highest BCUT2D eigenvalue weighted by Gasteiger charge is 2.25. The predicted octanol–water partition coefficient (Wildman–Crippen LogP) is 3.06. The number of thioether (sulfide) groups is 1. The first-order chi connectivity index (χ1) is 8.60. The number of imide groups is 1. The van der Waals surface area contributed by atoms with Gasteiger partial charge < -0.3 is 4.74 Å². The average Bonchev–Trinajstić information content (AvgIpc) is 2.61. The molecule has 1 aromatic rings. The average molecular weight is 284 g/mol. The Kier molecular flexibility index (Phi) is 3.93. The zero-order valence-corrected chi connectivity index (χ0v) is 11.1. The third-order valence-electron chi connectivity index (χ3n) is 2.20. The summed E-state index contributed by atoms with van der Waals surface area (Å²) in [6, 6.07) is 5.13. The van der Waals surface area contributed by atoms with Crippen LogP contribution < -0.4 is 10.1 Å². The molecule has 0 unspecified atom stereocenters. The summed E-state index contributed by atoms with van der Waals surface area (Å²) in [5.41, 5.74) is 0.678. The van der Waals surface area contributed by atoms with Crippen LogP contribution in [0.15, 0.2) is 23.1 Å². The van der Waals surface area contributed by atoms with E-state index in [2.05, 4.69) is 5.32 Å². The lowest BCUT2D eigenvalue weighted by Crippen LogP contribution is -2.17. The van der Waals surface area contributed by atoms with Crippen molar-refractivity contribution in [3.05, 3.63) is 33.7 Å². The Balaban J connectivity index is 2.38. The van der Waals surface area contributed by atoms with Gasteiger partial charge in [0.15, 0.2) is 0 Å². The predicted molar refractivity (Wildman–Crippen MR) is 71.7 cm³/mol. The largest absolute Gasteiger partial charge is 0.493 e. The highest BCUT2D eigenvalue weighted by atomic mass is 35.5. The normalized spacial score (nSPS) is 17.1. The Bertz CT molecular complexity index is 542. The number of carbonyl (C=O) groups is 2. The van der Waals surface area contributed by atoms with Gasteiger partial charge in [0.1, 0.15) is 5.75 Å². The van der Waals surface area contributed by atoms with Crippen LogP contribution in [0.4, 0.5) is 4.79 Å². The van der Waals surface area contributed by atoms with E-state index in [-0.39, 0.29) is 5.24 Å². The van der Waals surface area contributed by atoms with Crippen LogP contribution in [0.2, 0.25) is 5.02 Å². The molecule has 0 aromatic heterocycles. The lowest BCUT2D eigenvalue weighted by atomic mass is 10.2. The maximum absolute atomic E-state index is 11.4. The van der Waals surface area contributed by atoms with E-state index in [0.717, 1.165) is 11.8 Å². The van der Waals surface area contributed by atoms with Crippen LogP contribution >= 0.6 is 23.4 Å². The molecule has 0 atom stereocenters. The van der Waals surface area contributed by atoms with Gasteiger partial charge in [-0.1, -0.05) is 11.6 Å². The minimum atomic E-state index is -0.396. The van der Waals surface area contributed by atoms with Crippen LogP contribution in [0.3, 0.4) is 0 Å². The van der Waals surface area contributed by atoms with Gasteiger partial charge in [0, 0.05) is 10.6 Å². The van der Waals surface area contributed by atoms with Crippen LogP contribution in [0, 0.1) is 0 Å². The molecular weight excluding hydrogens is 274 g/mol. The Morgan fingerprint density at radius 2 is 2.22 bits per heavy atom. The Labute approximate surface area is 113 Å². The van der Waals surface area contributed by atoms with E-state index in [1.54, 1.807) is 24.3 Å². The van der Waals surface area contributed by atoms with Crippen molar-refractivity contribution >= 4 is 40.6 Å². The molecular formula is C12H10ClNO3S. The van der Waals surface area contributed by atoms with Gasteiger partial charge in [0.2, 0.25) is 0 Å². The molecule has 1 fully saturated rings. The fraction of sp³-hybridized carbons (Fsp3) is 0.167. The van der Waals surface area contributed by atoms with Crippen molar-refractivity contribution in [2.24, 2.45) is 0 Å². The summed E-state index contributed by atoms with van der Waals surface area (Å²) in [4.78, 5) is 22.8. The Hall–Kier alpha value is -1.46. The molecule has 2 amide bonds. The van der Waals surface area contributed by atoms with E-state index in [1.165, 1.54) is 0 Å². The number of halogens is 1. The maximum atomic E-state index is 11.4. The molecule has 0 spiro atoms. The number of amides is 2. The number of rotatable bonds is 3. The molecule has 1 aromatic carbocycles. The lowest BCUT2D eigenvalue weighted by molar-refractivity contribution is -0.115. The minimum Gasteiger partial charge on any atom is -0.493 e. The quantitative estimate of drug-likeness (QED) is 0.866. The fourth-order valence-corrected chi connectivity index (χ4v) is 2.33. The standard InChI is InChI=1S/C12H10ClNO3S/c1-2-17-9-4-3-8(13)5-7(9)6-10-11(15)14-12(16)18-10/h3-6H,2H2,1H3,(H,14,15,16)/b10-6-. The maximum Gasteiger partial charge on any atom is 0.290 e. The smallest absolute Gasteiger partial charge is 0.290 e. The lowest BCUT2D eigenvalue weighted by Gasteiger charge is -2.07. The molecule has 0 aliphatic carbocycles. The van der Waals surface area contributed by atoms with Crippen molar-refractivity contribution in [1.82, 2.24) is 5.32 Å². The molecule has 0 radical (unpaired) electrons. The summed E-state index contributed by atoms with van der Waals surface area (Å²) in [7, 11) is 0. The second kappa shape index (κ2) is 5.46. The Morgan fingerprint density at radius 1 is 1.44 bits per heavy atom. The van der Waals surface area contributed by atoms with E-state index in [1.807, 2.05) is 6.92 Å². The topological polar surface area (TPSA) is 55.4 Å². The van der Waals surface area contributed by atoms with Crippen LogP contribution in [0.5, 0.6) is 5.75 Å². The summed E-state index contributed by atoms with van der Waals surface area (Å²) in [6.45, 7) is 2.38. The van der Waals surface area contributed by atoms with Crippen LogP contribution in [0.1, 0.15) is 12.5 Å². The molecule has 0 saturated carbocycles. The minimum absolute atomic E-state index is 0.336. The first-order valence-electron chi connectivity index (χ1n) is 5.27. The third kappa shape index (κ3) is 2.86. The summed E-state index contributed by atoms with van der Waals surface area (Å²) >= 11 is 6.77. The molecule has 1 aliphatic heterocycles. The van der Waals surface area contributed by atoms with E-state index in [9.17, 15) is 9.59 Å². The van der Waals surface area contributed by atoms with E-state index in [4.69, 9.17) is 16.3 Å². The van der Waals surface area contributed by atoms with Crippen molar-refractivity contribution in [1.29, 1.82) is 0 Å². The summed E-state index contributed by atoms with van der Waals surface area (Å²) in [5.74, 6) is 0.231. The summed E-state index contributed by atoms with van der Waals surface area (Å²) in [6.07, 6.45) is 1.60. The number of nitrogens with one attached hydrogen (secondary N) is 1. The van der Waals surface area contributed by atoms with Gasteiger partial charge in [-0.25, -0.2) is 0 Å². The van der Waals surface area contributed by atoms with Crippen molar-refractivity contribution in [3.63, 3.8) is 0 Å². The molecule has 2 rings (SSSR count). The van der Waals surface area contributed by atoms with Crippen LogP contribution in [-0.4, -0.2) is 17.8 Å². The van der Waals surface area contributed by atoms with E-state index < -0.39 is 5.91 Å². The molecule has 1 heterocycles. The van der Waals surface area contributed by atoms with Crippen molar-refractivity contribution in [2.75, 3.05) is 6.61 Å². The van der Waals surface area contributed by atoms with Gasteiger partial charge in [-0.3, -0.25) is 14.9 Å². The fourth-order valence-electron chi connectivity index (χ4n) is 1.48. The number of carbonyl (C=O) groups excluding carboxylic acids is 2. The SMILES string of the molecule is CCOc1ccc(Cl)cc1/C=C1\SC(=O)NC1=O. The zero-order valence-electron chi connectivity index (χ0n) is 9.53. The van der Waals surface area contributed by atoms with Gasteiger partial charge in [0.25, 0.3) is 11.1 Å². The first kappa shape index (κ1) is 13.0. The second-order valence-corrected chi connectivity index (χ2v) is 4.92. The highest BCUT2D eigenvalue weighted by molar-refractivity contribution is 8.18. The van der Waals surface area contributed by atoms with E-state index in [0.29, 0.717) is 27.8 Å². The zero-order chi connectivity index (χ0) is 13.1. The van der Waals surface area contributed by atoms with Gasteiger partial charge in [-0.15, -0.1) is 0 Å². The number of hydrogen-bond donors (Lipinski definition) is 1.